The molecular weight excluding hydrogens is 320 g/mol. The minimum absolute atomic E-state index is 0.0788. The second-order valence-corrected chi connectivity index (χ2v) is 6.63. The second kappa shape index (κ2) is 7.65. The standard InChI is InChI=1S/C18H26N4O3/c1-5-13-7-9-14(10-8-13)11-21(4)12-15(23)20-22-16(24)18(3,6-2)19-17(22)25/h7-10H,5-6,11-12H2,1-4H3,(H,19,25)(H,20,23). The van der Waals surface area contributed by atoms with Crippen molar-refractivity contribution in [2.75, 3.05) is 13.6 Å². The highest BCUT2D eigenvalue weighted by molar-refractivity contribution is 6.07. The fraction of sp³-hybridized carbons (Fsp3) is 0.500. The second-order valence-electron chi connectivity index (χ2n) is 6.63. The smallest absolute Gasteiger partial charge is 0.322 e. The van der Waals surface area contributed by atoms with Crippen LogP contribution in [0, 0.1) is 0 Å². The Hall–Kier alpha value is -2.41. The van der Waals surface area contributed by atoms with E-state index >= 15 is 0 Å². The van der Waals surface area contributed by atoms with Gasteiger partial charge in [0.15, 0.2) is 0 Å². The predicted molar refractivity (Wildman–Crippen MR) is 94.4 cm³/mol. The summed E-state index contributed by atoms with van der Waals surface area (Å²) in [5.41, 5.74) is 3.80. The van der Waals surface area contributed by atoms with E-state index in [2.05, 4.69) is 29.8 Å². The number of nitrogens with zero attached hydrogens (tertiary/aromatic N) is 2. The van der Waals surface area contributed by atoms with Crippen LogP contribution in [0.4, 0.5) is 4.79 Å². The molecule has 136 valence electrons. The van der Waals surface area contributed by atoms with Gasteiger partial charge in [0.05, 0.1) is 6.54 Å². The van der Waals surface area contributed by atoms with Crippen LogP contribution >= 0.6 is 0 Å². The first-order chi connectivity index (χ1) is 11.8. The molecule has 0 aromatic heterocycles. The van der Waals surface area contributed by atoms with Crippen LogP contribution in [0.15, 0.2) is 24.3 Å². The molecule has 1 aromatic carbocycles. The Morgan fingerprint density at radius 1 is 1.20 bits per heavy atom. The molecule has 0 saturated carbocycles. The highest BCUT2D eigenvalue weighted by Gasteiger charge is 2.47. The first-order valence-corrected chi connectivity index (χ1v) is 8.51. The average molecular weight is 346 g/mol. The Morgan fingerprint density at radius 3 is 2.32 bits per heavy atom. The van der Waals surface area contributed by atoms with Crippen LogP contribution in [0.3, 0.4) is 0 Å². The molecule has 7 heteroatoms. The van der Waals surface area contributed by atoms with E-state index in [-0.39, 0.29) is 6.54 Å². The van der Waals surface area contributed by atoms with Gasteiger partial charge in [-0.15, -0.1) is 0 Å². The highest BCUT2D eigenvalue weighted by atomic mass is 16.2. The number of benzene rings is 1. The third-order valence-electron chi connectivity index (χ3n) is 4.50. The molecule has 0 radical (unpaired) electrons. The van der Waals surface area contributed by atoms with Crippen molar-refractivity contribution in [3.8, 4) is 0 Å². The lowest BCUT2D eigenvalue weighted by atomic mass is 10.00. The number of imide groups is 1. The van der Waals surface area contributed by atoms with E-state index in [0.717, 1.165) is 17.0 Å². The minimum Gasteiger partial charge on any atom is -0.322 e. The summed E-state index contributed by atoms with van der Waals surface area (Å²) in [6, 6.07) is 7.62. The third-order valence-corrected chi connectivity index (χ3v) is 4.50. The van der Waals surface area contributed by atoms with E-state index in [9.17, 15) is 14.4 Å². The number of hydrazine groups is 1. The number of carbonyl (C=O) groups is 3. The molecule has 7 nitrogen and oxygen atoms in total. The molecule has 2 rings (SSSR count). The summed E-state index contributed by atoms with van der Waals surface area (Å²) < 4.78 is 0. The number of hydrogen-bond donors (Lipinski definition) is 2. The highest BCUT2D eigenvalue weighted by Crippen LogP contribution is 2.19. The Kier molecular flexibility index (Phi) is 5.79. The van der Waals surface area contributed by atoms with Gasteiger partial charge >= 0.3 is 6.03 Å². The molecule has 1 heterocycles. The minimum atomic E-state index is -0.961. The van der Waals surface area contributed by atoms with E-state index in [4.69, 9.17) is 0 Å². The fourth-order valence-corrected chi connectivity index (χ4v) is 2.68. The van der Waals surface area contributed by atoms with Crippen molar-refractivity contribution >= 4 is 17.8 Å². The van der Waals surface area contributed by atoms with E-state index in [1.807, 2.05) is 24.1 Å². The van der Waals surface area contributed by atoms with Crippen LogP contribution in [-0.4, -0.2) is 46.9 Å². The van der Waals surface area contributed by atoms with Crippen LogP contribution in [0.1, 0.15) is 38.3 Å². The van der Waals surface area contributed by atoms with Crippen LogP contribution < -0.4 is 10.7 Å². The summed E-state index contributed by atoms with van der Waals surface area (Å²) >= 11 is 0. The summed E-state index contributed by atoms with van der Waals surface area (Å²) in [6.07, 6.45) is 1.44. The number of hydrogen-bond acceptors (Lipinski definition) is 4. The first-order valence-electron chi connectivity index (χ1n) is 8.51. The van der Waals surface area contributed by atoms with Gasteiger partial charge in [-0.25, -0.2) is 4.79 Å². The van der Waals surface area contributed by atoms with Crippen LogP contribution in [0.5, 0.6) is 0 Å². The van der Waals surface area contributed by atoms with E-state index in [0.29, 0.717) is 13.0 Å². The van der Waals surface area contributed by atoms with Crippen molar-refractivity contribution in [2.24, 2.45) is 0 Å². The molecule has 1 unspecified atom stereocenters. The van der Waals surface area contributed by atoms with Crippen LogP contribution in [-0.2, 0) is 22.6 Å². The Balaban J connectivity index is 1.89. The van der Waals surface area contributed by atoms with Crippen molar-refractivity contribution in [1.29, 1.82) is 0 Å². The van der Waals surface area contributed by atoms with Gasteiger partial charge < -0.3 is 5.32 Å². The molecule has 4 amide bonds. The van der Waals surface area contributed by atoms with E-state index < -0.39 is 23.4 Å². The number of amides is 4. The van der Waals surface area contributed by atoms with Crippen molar-refractivity contribution in [3.63, 3.8) is 0 Å². The zero-order valence-corrected chi connectivity index (χ0v) is 15.3. The van der Waals surface area contributed by atoms with Gasteiger partial charge in [0, 0.05) is 6.54 Å². The largest absolute Gasteiger partial charge is 0.344 e. The lowest BCUT2D eigenvalue weighted by molar-refractivity contribution is -0.139. The Morgan fingerprint density at radius 2 is 1.80 bits per heavy atom. The van der Waals surface area contributed by atoms with Crippen LogP contribution in [0.2, 0.25) is 0 Å². The number of urea groups is 1. The molecule has 0 bridgehead atoms. The maximum Gasteiger partial charge on any atom is 0.344 e. The van der Waals surface area contributed by atoms with Crippen molar-refractivity contribution in [3.05, 3.63) is 35.4 Å². The number of carbonyl (C=O) groups excluding carboxylic acids is 3. The maximum atomic E-state index is 12.3. The maximum absolute atomic E-state index is 12.3. The van der Waals surface area contributed by atoms with Crippen LogP contribution in [0.25, 0.3) is 0 Å². The van der Waals surface area contributed by atoms with Crippen molar-refractivity contribution in [1.82, 2.24) is 20.7 Å². The molecule has 2 N–H and O–H groups in total. The molecule has 25 heavy (non-hydrogen) atoms. The molecule has 1 fully saturated rings. The monoisotopic (exact) mass is 346 g/mol. The molecule has 0 aliphatic carbocycles. The lowest BCUT2D eigenvalue weighted by Crippen LogP contribution is -2.50. The quantitative estimate of drug-likeness (QED) is 0.732. The zero-order chi connectivity index (χ0) is 18.6. The summed E-state index contributed by atoms with van der Waals surface area (Å²) in [6.45, 7) is 6.23. The molecule has 1 atom stereocenters. The molecule has 1 aliphatic rings. The Bertz CT molecular complexity index is 659. The summed E-state index contributed by atoms with van der Waals surface area (Å²) in [7, 11) is 1.81. The van der Waals surface area contributed by atoms with Gasteiger partial charge in [-0.05, 0) is 37.9 Å². The topological polar surface area (TPSA) is 81.8 Å². The van der Waals surface area contributed by atoms with Gasteiger partial charge in [0.1, 0.15) is 5.54 Å². The third kappa shape index (κ3) is 4.36. The summed E-state index contributed by atoms with van der Waals surface area (Å²) in [5.74, 6) is -0.845. The summed E-state index contributed by atoms with van der Waals surface area (Å²) in [4.78, 5) is 38.1. The molecular formula is C18H26N4O3. The normalized spacial score (nSPS) is 20.1. The number of nitrogens with one attached hydrogen (secondary N) is 2. The van der Waals surface area contributed by atoms with Gasteiger partial charge in [-0.2, -0.15) is 5.01 Å². The fourth-order valence-electron chi connectivity index (χ4n) is 2.68. The SMILES string of the molecule is CCc1ccc(CN(C)CC(=O)NN2C(=O)NC(C)(CC)C2=O)cc1. The van der Waals surface area contributed by atoms with Gasteiger partial charge in [0.2, 0.25) is 0 Å². The number of aryl methyl sites for hydroxylation is 1. The van der Waals surface area contributed by atoms with Crippen molar-refractivity contribution < 1.29 is 14.4 Å². The number of rotatable bonds is 7. The predicted octanol–water partition coefficient (Wildman–Crippen LogP) is 1.43. The number of likely N-dealkylation sites (N-methyl/N-ethyl adjacent to an activating group) is 1. The first kappa shape index (κ1) is 18.9. The van der Waals surface area contributed by atoms with Gasteiger partial charge in [-0.1, -0.05) is 38.1 Å². The van der Waals surface area contributed by atoms with Gasteiger partial charge in [-0.3, -0.25) is 19.9 Å². The summed E-state index contributed by atoms with van der Waals surface area (Å²) in [5, 5.41) is 3.37. The van der Waals surface area contributed by atoms with Crippen molar-refractivity contribution in [2.45, 2.75) is 45.7 Å². The Labute approximate surface area is 148 Å². The molecule has 1 aliphatic heterocycles. The van der Waals surface area contributed by atoms with E-state index in [1.165, 1.54) is 5.56 Å². The molecule has 0 spiro atoms. The van der Waals surface area contributed by atoms with E-state index in [1.54, 1.807) is 13.8 Å². The lowest BCUT2D eigenvalue weighted by Gasteiger charge is -2.21. The molecule has 1 aromatic rings. The zero-order valence-electron chi connectivity index (χ0n) is 15.3. The molecule has 1 saturated heterocycles. The van der Waals surface area contributed by atoms with Gasteiger partial charge in [0.25, 0.3) is 11.8 Å². The average Bonchev–Trinajstić information content (AvgIpc) is 2.79.